The molecule has 1 amide bonds. The standard InChI is InChI=1S/C15H16ClNO2S/c1-15(7-3-9-20-15)14(19)17-13-10-12(16)6-5-11(13)4-2-8-18/h5-6,10,18H,3,7-9H2,1H3,(H,17,19). The molecule has 1 saturated heterocycles. The number of thioether (sulfide) groups is 1. The lowest BCUT2D eigenvalue weighted by Crippen LogP contribution is -2.34. The number of hydrogen-bond donors (Lipinski definition) is 2. The third kappa shape index (κ3) is 3.49. The Morgan fingerprint density at radius 1 is 1.60 bits per heavy atom. The highest BCUT2D eigenvalue weighted by Gasteiger charge is 2.37. The molecule has 1 heterocycles. The van der Waals surface area contributed by atoms with E-state index in [1.54, 1.807) is 30.0 Å². The summed E-state index contributed by atoms with van der Waals surface area (Å²) in [5, 5.41) is 12.2. The van der Waals surface area contributed by atoms with Crippen molar-refractivity contribution < 1.29 is 9.90 Å². The number of amides is 1. The average molecular weight is 310 g/mol. The van der Waals surface area contributed by atoms with Gasteiger partial charge in [-0.05, 0) is 43.7 Å². The van der Waals surface area contributed by atoms with Crippen molar-refractivity contribution in [1.29, 1.82) is 0 Å². The highest BCUT2D eigenvalue weighted by Crippen LogP contribution is 2.38. The number of aliphatic hydroxyl groups excluding tert-OH is 1. The minimum atomic E-state index is -0.385. The van der Waals surface area contributed by atoms with E-state index >= 15 is 0 Å². The highest BCUT2D eigenvalue weighted by atomic mass is 35.5. The summed E-state index contributed by atoms with van der Waals surface area (Å²) < 4.78 is -0.385. The second kappa shape index (κ2) is 6.53. The van der Waals surface area contributed by atoms with Gasteiger partial charge in [0.25, 0.3) is 0 Å². The van der Waals surface area contributed by atoms with Gasteiger partial charge in [0.2, 0.25) is 5.91 Å². The van der Waals surface area contributed by atoms with Crippen LogP contribution >= 0.6 is 23.4 Å². The molecular formula is C15H16ClNO2S. The summed E-state index contributed by atoms with van der Waals surface area (Å²) in [4.78, 5) is 12.4. The van der Waals surface area contributed by atoms with E-state index in [-0.39, 0.29) is 17.3 Å². The zero-order chi connectivity index (χ0) is 14.6. The molecule has 5 heteroatoms. The predicted molar refractivity (Wildman–Crippen MR) is 84.1 cm³/mol. The Morgan fingerprint density at radius 2 is 2.40 bits per heavy atom. The quantitative estimate of drug-likeness (QED) is 0.826. The normalized spacial score (nSPS) is 21.1. The summed E-state index contributed by atoms with van der Waals surface area (Å²) in [6.45, 7) is 1.74. The lowest BCUT2D eigenvalue weighted by molar-refractivity contribution is -0.118. The second-order valence-corrected chi connectivity index (χ2v) is 6.82. The maximum absolute atomic E-state index is 12.4. The first-order valence-electron chi connectivity index (χ1n) is 6.40. The Morgan fingerprint density at radius 3 is 3.05 bits per heavy atom. The molecule has 1 aromatic rings. The van der Waals surface area contributed by atoms with E-state index in [4.69, 9.17) is 16.7 Å². The topological polar surface area (TPSA) is 49.3 Å². The fraction of sp³-hybridized carbons (Fsp3) is 0.400. The second-order valence-electron chi connectivity index (χ2n) is 4.79. The van der Waals surface area contributed by atoms with E-state index in [0.29, 0.717) is 16.3 Å². The third-order valence-electron chi connectivity index (χ3n) is 3.23. The van der Waals surface area contributed by atoms with E-state index in [0.717, 1.165) is 18.6 Å². The van der Waals surface area contributed by atoms with Gasteiger partial charge >= 0.3 is 0 Å². The van der Waals surface area contributed by atoms with Crippen molar-refractivity contribution in [3.05, 3.63) is 28.8 Å². The van der Waals surface area contributed by atoms with Gasteiger partial charge in [-0.15, -0.1) is 11.8 Å². The fourth-order valence-corrected chi connectivity index (χ4v) is 3.46. The Bertz CT molecular complexity index is 571. The molecule has 2 N–H and O–H groups in total. The van der Waals surface area contributed by atoms with Crippen molar-refractivity contribution in [2.24, 2.45) is 0 Å². The van der Waals surface area contributed by atoms with Crippen molar-refractivity contribution in [2.45, 2.75) is 24.5 Å². The van der Waals surface area contributed by atoms with Gasteiger partial charge in [-0.3, -0.25) is 4.79 Å². The summed E-state index contributed by atoms with van der Waals surface area (Å²) in [7, 11) is 0. The molecule has 0 aliphatic carbocycles. The molecule has 1 fully saturated rings. The van der Waals surface area contributed by atoms with Gasteiger partial charge in [-0.2, -0.15) is 0 Å². The molecule has 0 saturated carbocycles. The summed E-state index contributed by atoms with van der Waals surface area (Å²) in [5.74, 6) is 6.39. The van der Waals surface area contributed by atoms with E-state index < -0.39 is 0 Å². The Labute approximate surface area is 128 Å². The van der Waals surface area contributed by atoms with Crippen molar-refractivity contribution in [2.75, 3.05) is 17.7 Å². The lowest BCUT2D eigenvalue weighted by Gasteiger charge is -2.22. The number of benzene rings is 1. The first-order valence-corrected chi connectivity index (χ1v) is 7.76. The van der Waals surface area contributed by atoms with Crippen molar-refractivity contribution >= 4 is 35.0 Å². The van der Waals surface area contributed by atoms with E-state index in [2.05, 4.69) is 17.2 Å². The Balaban J connectivity index is 2.23. The van der Waals surface area contributed by atoms with Crippen molar-refractivity contribution in [3.8, 4) is 11.8 Å². The molecule has 1 aliphatic rings. The summed E-state index contributed by atoms with van der Waals surface area (Å²) >= 11 is 7.65. The number of halogens is 1. The van der Waals surface area contributed by atoms with Crippen LogP contribution < -0.4 is 5.32 Å². The molecule has 1 unspecified atom stereocenters. The molecule has 3 nitrogen and oxygen atoms in total. The fourth-order valence-electron chi connectivity index (χ4n) is 2.08. The smallest absolute Gasteiger partial charge is 0.240 e. The van der Waals surface area contributed by atoms with Crippen LogP contribution in [0.2, 0.25) is 5.02 Å². The minimum absolute atomic E-state index is 0.0192. The molecule has 0 radical (unpaired) electrons. The minimum Gasteiger partial charge on any atom is -0.384 e. The van der Waals surface area contributed by atoms with Crippen LogP contribution in [0.3, 0.4) is 0 Å². The first-order chi connectivity index (χ1) is 9.55. The maximum atomic E-state index is 12.4. The molecule has 2 rings (SSSR count). The van der Waals surface area contributed by atoms with E-state index in [9.17, 15) is 4.79 Å². The molecule has 106 valence electrons. The molecule has 1 aliphatic heterocycles. The zero-order valence-corrected chi connectivity index (χ0v) is 12.8. The highest BCUT2D eigenvalue weighted by molar-refractivity contribution is 8.01. The molecule has 0 bridgehead atoms. The zero-order valence-electron chi connectivity index (χ0n) is 11.2. The van der Waals surface area contributed by atoms with Crippen LogP contribution in [-0.4, -0.2) is 28.1 Å². The van der Waals surface area contributed by atoms with Crippen LogP contribution in [-0.2, 0) is 4.79 Å². The molecule has 0 aromatic heterocycles. The van der Waals surface area contributed by atoms with Crippen LogP contribution in [0.4, 0.5) is 5.69 Å². The van der Waals surface area contributed by atoms with Gasteiger partial charge < -0.3 is 10.4 Å². The number of carbonyl (C=O) groups excluding carboxylic acids is 1. The van der Waals surface area contributed by atoms with E-state index in [1.807, 2.05) is 6.92 Å². The molecular weight excluding hydrogens is 294 g/mol. The number of anilines is 1. The van der Waals surface area contributed by atoms with Crippen LogP contribution in [0.25, 0.3) is 0 Å². The van der Waals surface area contributed by atoms with Crippen LogP contribution in [0, 0.1) is 11.8 Å². The number of nitrogens with one attached hydrogen (secondary N) is 1. The number of carbonyl (C=O) groups is 1. The summed E-state index contributed by atoms with van der Waals surface area (Å²) in [6, 6.07) is 5.14. The maximum Gasteiger partial charge on any atom is 0.240 e. The van der Waals surface area contributed by atoms with Gasteiger partial charge in [0.05, 0.1) is 10.4 Å². The van der Waals surface area contributed by atoms with Crippen LogP contribution in [0.5, 0.6) is 0 Å². The lowest BCUT2D eigenvalue weighted by atomic mass is 10.0. The van der Waals surface area contributed by atoms with Gasteiger partial charge in [0.15, 0.2) is 0 Å². The summed E-state index contributed by atoms with van der Waals surface area (Å²) in [6.07, 6.45) is 1.93. The van der Waals surface area contributed by atoms with Crippen molar-refractivity contribution in [1.82, 2.24) is 0 Å². The van der Waals surface area contributed by atoms with Gasteiger partial charge in [0.1, 0.15) is 6.61 Å². The van der Waals surface area contributed by atoms with E-state index in [1.165, 1.54) is 0 Å². The van der Waals surface area contributed by atoms with Gasteiger partial charge in [0, 0.05) is 10.6 Å². The predicted octanol–water partition coefficient (Wildman–Crippen LogP) is 2.91. The third-order valence-corrected chi connectivity index (χ3v) is 4.99. The average Bonchev–Trinajstić information content (AvgIpc) is 2.86. The Kier molecular flexibility index (Phi) is 4.98. The largest absolute Gasteiger partial charge is 0.384 e. The first kappa shape index (κ1) is 15.2. The molecule has 1 aromatic carbocycles. The summed E-state index contributed by atoms with van der Waals surface area (Å²) in [5.41, 5.74) is 1.25. The van der Waals surface area contributed by atoms with Crippen LogP contribution in [0.1, 0.15) is 25.3 Å². The van der Waals surface area contributed by atoms with Gasteiger partial charge in [-0.25, -0.2) is 0 Å². The monoisotopic (exact) mass is 309 g/mol. The number of rotatable bonds is 2. The SMILES string of the molecule is CC1(C(=O)Nc2cc(Cl)ccc2C#CCO)CCCS1. The van der Waals surface area contributed by atoms with Gasteiger partial charge in [-0.1, -0.05) is 23.4 Å². The molecule has 0 spiro atoms. The van der Waals surface area contributed by atoms with Crippen molar-refractivity contribution in [3.63, 3.8) is 0 Å². The number of hydrogen-bond acceptors (Lipinski definition) is 3. The van der Waals surface area contributed by atoms with Crippen LogP contribution in [0.15, 0.2) is 18.2 Å². The molecule has 20 heavy (non-hydrogen) atoms. The number of aliphatic hydroxyl groups is 1. The Hall–Kier alpha value is -1.15. The molecule has 1 atom stereocenters.